The number of methoxy groups -OCH3 is 2. The molecule has 2 N–H and O–H groups in total. The van der Waals surface area contributed by atoms with Gasteiger partial charge in [0.15, 0.2) is 0 Å². The van der Waals surface area contributed by atoms with E-state index in [1.54, 1.807) is 14.2 Å². The van der Waals surface area contributed by atoms with Gasteiger partial charge in [-0.15, -0.1) is 0 Å². The van der Waals surface area contributed by atoms with Crippen molar-refractivity contribution >= 4 is 5.91 Å². The second kappa shape index (κ2) is 7.31. The van der Waals surface area contributed by atoms with Gasteiger partial charge in [0, 0.05) is 11.6 Å². The van der Waals surface area contributed by atoms with Gasteiger partial charge in [0.1, 0.15) is 11.5 Å². The first-order valence-corrected chi connectivity index (χ1v) is 7.35. The fourth-order valence-corrected chi connectivity index (χ4v) is 2.75. The Hall–Kier alpha value is -1.75. The molecule has 1 aliphatic heterocycles. The van der Waals surface area contributed by atoms with Gasteiger partial charge in [-0.25, -0.2) is 0 Å². The van der Waals surface area contributed by atoms with Crippen molar-refractivity contribution in [2.24, 2.45) is 5.92 Å². The van der Waals surface area contributed by atoms with E-state index in [2.05, 4.69) is 17.6 Å². The van der Waals surface area contributed by atoms with Crippen molar-refractivity contribution in [2.75, 3.05) is 27.3 Å². The lowest BCUT2D eigenvalue weighted by Crippen LogP contribution is -2.48. The summed E-state index contributed by atoms with van der Waals surface area (Å²) in [5.41, 5.74) is 0.793. The van der Waals surface area contributed by atoms with Crippen molar-refractivity contribution in [2.45, 2.75) is 25.8 Å². The van der Waals surface area contributed by atoms with E-state index >= 15 is 0 Å². The minimum absolute atomic E-state index is 0.0107. The Bertz CT molecular complexity index is 468. The maximum Gasteiger partial charge on any atom is 0.224 e. The number of rotatable bonds is 5. The summed E-state index contributed by atoms with van der Waals surface area (Å²) in [7, 11) is 3.20. The molecule has 5 nitrogen and oxygen atoms in total. The third-order valence-electron chi connectivity index (χ3n) is 4.00. The van der Waals surface area contributed by atoms with Crippen LogP contribution in [0.5, 0.6) is 11.5 Å². The van der Waals surface area contributed by atoms with Crippen molar-refractivity contribution in [3.63, 3.8) is 0 Å². The molecule has 1 fully saturated rings. The van der Waals surface area contributed by atoms with E-state index in [-0.39, 0.29) is 18.4 Å². The van der Waals surface area contributed by atoms with Crippen LogP contribution in [0.1, 0.15) is 18.9 Å². The molecule has 0 spiro atoms. The number of amides is 1. The Kier molecular flexibility index (Phi) is 5.44. The lowest BCUT2D eigenvalue weighted by atomic mass is 9.95. The van der Waals surface area contributed by atoms with Crippen molar-refractivity contribution < 1.29 is 14.3 Å². The second-order valence-corrected chi connectivity index (χ2v) is 5.46. The molecule has 1 heterocycles. The molecule has 2 atom stereocenters. The number of nitrogens with one attached hydrogen (secondary N) is 2. The third-order valence-corrected chi connectivity index (χ3v) is 4.00. The van der Waals surface area contributed by atoms with E-state index in [0.717, 1.165) is 25.1 Å². The predicted octanol–water partition coefficient (Wildman–Crippen LogP) is 1.36. The first-order chi connectivity index (χ1) is 10.2. The van der Waals surface area contributed by atoms with Gasteiger partial charge in [-0.2, -0.15) is 0 Å². The van der Waals surface area contributed by atoms with E-state index in [0.29, 0.717) is 17.4 Å². The zero-order chi connectivity index (χ0) is 15.2. The Morgan fingerprint density at radius 1 is 1.33 bits per heavy atom. The zero-order valence-electron chi connectivity index (χ0n) is 12.9. The van der Waals surface area contributed by atoms with Gasteiger partial charge in [-0.3, -0.25) is 4.79 Å². The first-order valence-electron chi connectivity index (χ1n) is 7.35. The summed E-state index contributed by atoms with van der Waals surface area (Å²) < 4.78 is 10.7. The minimum Gasteiger partial charge on any atom is -0.496 e. The number of hydrogen-bond acceptors (Lipinski definition) is 4. The monoisotopic (exact) mass is 292 g/mol. The molecule has 0 bridgehead atoms. The van der Waals surface area contributed by atoms with Crippen LogP contribution in [0.2, 0.25) is 0 Å². The van der Waals surface area contributed by atoms with E-state index < -0.39 is 0 Å². The van der Waals surface area contributed by atoms with Crippen LogP contribution in [0.25, 0.3) is 0 Å². The summed E-state index contributed by atoms with van der Waals surface area (Å²) >= 11 is 0. The highest BCUT2D eigenvalue weighted by atomic mass is 16.5. The predicted molar refractivity (Wildman–Crippen MR) is 81.8 cm³/mol. The van der Waals surface area contributed by atoms with Crippen molar-refractivity contribution in [3.05, 3.63) is 23.8 Å². The van der Waals surface area contributed by atoms with Gasteiger partial charge in [0.05, 0.1) is 20.6 Å². The van der Waals surface area contributed by atoms with Crippen LogP contribution in [0.4, 0.5) is 0 Å². The summed E-state index contributed by atoms with van der Waals surface area (Å²) in [6.07, 6.45) is 1.24. The van der Waals surface area contributed by atoms with Crippen LogP contribution in [0.15, 0.2) is 18.2 Å². The second-order valence-electron chi connectivity index (χ2n) is 5.46. The summed E-state index contributed by atoms with van der Waals surface area (Å²) in [6, 6.07) is 5.78. The van der Waals surface area contributed by atoms with Crippen LogP contribution < -0.4 is 20.1 Å². The molecular weight excluding hydrogens is 268 g/mol. The highest BCUT2D eigenvalue weighted by Gasteiger charge is 2.23. The molecular formula is C16H24N2O3. The molecule has 2 unspecified atom stereocenters. The van der Waals surface area contributed by atoms with E-state index in [9.17, 15) is 4.79 Å². The Morgan fingerprint density at radius 3 is 2.57 bits per heavy atom. The average Bonchev–Trinajstić information content (AvgIpc) is 2.49. The molecule has 5 heteroatoms. The Morgan fingerprint density at radius 2 is 2.00 bits per heavy atom. The number of benzene rings is 1. The molecule has 1 saturated heterocycles. The molecule has 1 aliphatic rings. The summed E-state index contributed by atoms with van der Waals surface area (Å²) in [6.45, 7) is 4.05. The fourth-order valence-electron chi connectivity index (χ4n) is 2.75. The number of hydrogen-bond donors (Lipinski definition) is 2. The highest BCUT2D eigenvalue weighted by Crippen LogP contribution is 2.28. The molecule has 1 aromatic rings. The molecule has 0 aliphatic carbocycles. The number of carbonyl (C=O) groups excluding carboxylic acids is 1. The van der Waals surface area contributed by atoms with Crippen molar-refractivity contribution in [1.29, 1.82) is 0 Å². The number of ether oxygens (including phenoxy) is 2. The molecule has 1 aromatic carbocycles. The third kappa shape index (κ3) is 3.88. The van der Waals surface area contributed by atoms with Crippen molar-refractivity contribution in [1.82, 2.24) is 10.6 Å². The van der Waals surface area contributed by atoms with Crippen LogP contribution in [0, 0.1) is 5.92 Å². The van der Waals surface area contributed by atoms with Crippen molar-refractivity contribution in [3.8, 4) is 11.5 Å². The molecule has 2 rings (SSSR count). The standard InChI is InChI=1S/C16H24N2O3/c1-11-10-17-8-7-13(11)18-16(19)9-12-14(20-2)5-4-6-15(12)21-3/h4-6,11,13,17H,7-10H2,1-3H3,(H,18,19). The smallest absolute Gasteiger partial charge is 0.224 e. The normalized spacial score (nSPS) is 21.7. The lowest BCUT2D eigenvalue weighted by Gasteiger charge is -2.30. The van der Waals surface area contributed by atoms with Crippen LogP contribution in [-0.2, 0) is 11.2 Å². The fraction of sp³-hybridized carbons (Fsp3) is 0.562. The molecule has 0 aromatic heterocycles. The molecule has 116 valence electrons. The SMILES string of the molecule is COc1cccc(OC)c1CC(=O)NC1CCNCC1C. The van der Waals surface area contributed by atoms with E-state index in [1.807, 2.05) is 18.2 Å². The summed E-state index contributed by atoms with van der Waals surface area (Å²) in [4.78, 5) is 12.3. The molecule has 1 amide bonds. The van der Waals surface area contributed by atoms with Crippen LogP contribution in [0.3, 0.4) is 0 Å². The zero-order valence-corrected chi connectivity index (χ0v) is 12.9. The summed E-state index contributed by atoms with van der Waals surface area (Å²) in [5, 5.41) is 6.46. The highest BCUT2D eigenvalue weighted by molar-refractivity contribution is 5.80. The molecule has 0 radical (unpaired) electrons. The number of carbonyl (C=O) groups is 1. The first kappa shape index (κ1) is 15.6. The average molecular weight is 292 g/mol. The Balaban J connectivity index is 2.05. The maximum atomic E-state index is 12.3. The van der Waals surface area contributed by atoms with Gasteiger partial charge in [0.25, 0.3) is 0 Å². The van der Waals surface area contributed by atoms with Gasteiger partial charge in [-0.1, -0.05) is 13.0 Å². The maximum absolute atomic E-state index is 12.3. The van der Waals surface area contributed by atoms with E-state index in [1.165, 1.54) is 0 Å². The number of piperidine rings is 1. The largest absolute Gasteiger partial charge is 0.496 e. The topological polar surface area (TPSA) is 59.6 Å². The summed E-state index contributed by atoms with van der Waals surface area (Å²) in [5.74, 6) is 1.82. The van der Waals surface area contributed by atoms with Gasteiger partial charge < -0.3 is 20.1 Å². The molecule has 21 heavy (non-hydrogen) atoms. The lowest BCUT2D eigenvalue weighted by molar-refractivity contribution is -0.121. The van der Waals surface area contributed by atoms with Gasteiger partial charge in [0.2, 0.25) is 5.91 Å². The van der Waals surface area contributed by atoms with Crippen LogP contribution in [-0.4, -0.2) is 39.3 Å². The minimum atomic E-state index is 0.0107. The van der Waals surface area contributed by atoms with E-state index in [4.69, 9.17) is 9.47 Å². The van der Waals surface area contributed by atoms with Gasteiger partial charge >= 0.3 is 0 Å². The molecule has 0 saturated carbocycles. The van der Waals surface area contributed by atoms with Gasteiger partial charge in [-0.05, 0) is 37.6 Å². The Labute approximate surface area is 126 Å². The quantitative estimate of drug-likeness (QED) is 0.860. The van der Waals surface area contributed by atoms with Crippen LogP contribution >= 0.6 is 0 Å².